The highest BCUT2D eigenvalue weighted by atomic mass is 16.5. The number of hydrogen-bond acceptors (Lipinski definition) is 6. The van der Waals surface area contributed by atoms with Crippen LogP contribution in [-0.2, 0) is 31.1 Å². The fraction of sp³-hybridized carbons (Fsp3) is 0.214. The van der Waals surface area contributed by atoms with Gasteiger partial charge < -0.3 is 10.1 Å². The Kier molecular flexibility index (Phi) is 5.01. The molecule has 4 atom stereocenters. The molecule has 1 spiro atoms. The van der Waals surface area contributed by atoms with Gasteiger partial charge in [0.15, 0.2) is 0 Å². The van der Waals surface area contributed by atoms with E-state index in [9.17, 15) is 19.2 Å². The van der Waals surface area contributed by atoms with Crippen molar-refractivity contribution < 1.29 is 23.9 Å². The summed E-state index contributed by atoms with van der Waals surface area (Å²) in [5.41, 5.74) is 1.34. The van der Waals surface area contributed by atoms with Crippen molar-refractivity contribution in [3.05, 3.63) is 90.0 Å². The molecule has 0 unspecified atom stereocenters. The molecule has 180 valence electrons. The molecule has 0 radical (unpaired) electrons. The Morgan fingerprint density at radius 1 is 0.917 bits per heavy atom. The predicted molar refractivity (Wildman–Crippen MR) is 131 cm³/mol. The van der Waals surface area contributed by atoms with Crippen molar-refractivity contribution in [2.45, 2.75) is 24.9 Å². The number of ether oxygens (including phenoxy) is 1. The van der Waals surface area contributed by atoms with Gasteiger partial charge in [0.2, 0.25) is 17.7 Å². The van der Waals surface area contributed by atoms with Gasteiger partial charge in [0.25, 0.3) is 0 Å². The van der Waals surface area contributed by atoms with Crippen molar-refractivity contribution in [3.63, 3.8) is 0 Å². The summed E-state index contributed by atoms with van der Waals surface area (Å²) in [6, 6.07) is 22.8. The lowest BCUT2D eigenvalue weighted by molar-refractivity contribution is -0.132. The zero-order chi connectivity index (χ0) is 25.0. The molecule has 3 aliphatic heterocycles. The monoisotopic (exact) mass is 481 g/mol. The molecule has 3 aromatic rings. The maximum atomic E-state index is 14.0. The highest BCUT2D eigenvalue weighted by molar-refractivity contribution is 6.25. The molecular weight excluding hydrogens is 458 g/mol. The lowest BCUT2D eigenvalue weighted by atomic mass is 9.76. The molecule has 6 rings (SSSR count). The van der Waals surface area contributed by atoms with Crippen LogP contribution in [0.15, 0.2) is 78.9 Å². The third-order valence-electron chi connectivity index (χ3n) is 7.28. The Morgan fingerprint density at radius 3 is 2.33 bits per heavy atom. The third kappa shape index (κ3) is 3.18. The van der Waals surface area contributed by atoms with Gasteiger partial charge in [-0.25, -0.2) is 4.90 Å². The largest absolute Gasteiger partial charge is 0.427 e. The quantitative estimate of drug-likeness (QED) is 0.337. The number of carbonyl (C=O) groups excluding carboxylic acids is 4. The number of nitrogens with zero attached hydrogens (tertiary/aromatic N) is 1. The van der Waals surface area contributed by atoms with Crippen molar-refractivity contribution >= 4 is 35.1 Å². The summed E-state index contributed by atoms with van der Waals surface area (Å²) in [6.45, 7) is 1.30. The van der Waals surface area contributed by atoms with Gasteiger partial charge in [-0.3, -0.25) is 24.5 Å². The van der Waals surface area contributed by atoms with E-state index in [0.29, 0.717) is 29.1 Å². The number of fused-ring (bicyclic) bond motifs is 4. The second kappa shape index (κ2) is 8.13. The third-order valence-corrected chi connectivity index (χ3v) is 7.28. The Labute approximate surface area is 207 Å². The van der Waals surface area contributed by atoms with Gasteiger partial charge in [-0.15, -0.1) is 0 Å². The number of hydrogen-bond donors (Lipinski definition) is 2. The molecular formula is C28H23N3O5. The number of rotatable bonds is 4. The number of nitrogens with one attached hydrogen (secondary N) is 2. The van der Waals surface area contributed by atoms with Crippen molar-refractivity contribution in [1.29, 1.82) is 0 Å². The first-order valence-corrected chi connectivity index (χ1v) is 11.8. The number of para-hydroxylation sites is 1. The Morgan fingerprint density at radius 2 is 1.61 bits per heavy atom. The lowest BCUT2D eigenvalue weighted by Crippen LogP contribution is -2.53. The van der Waals surface area contributed by atoms with Crippen LogP contribution in [0, 0.1) is 11.8 Å². The first-order chi connectivity index (χ1) is 17.4. The van der Waals surface area contributed by atoms with Gasteiger partial charge in [0.05, 0.1) is 17.5 Å². The van der Waals surface area contributed by atoms with E-state index in [2.05, 4.69) is 10.6 Å². The molecule has 2 N–H and O–H groups in total. The van der Waals surface area contributed by atoms with Gasteiger partial charge in [0.1, 0.15) is 11.3 Å². The van der Waals surface area contributed by atoms with Crippen LogP contribution in [-0.4, -0.2) is 29.7 Å². The maximum absolute atomic E-state index is 14.0. The fourth-order valence-electron chi connectivity index (χ4n) is 5.88. The van der Waals surface area contributed by atoms with E-state index < -0.39 is 35.3 Å². The average molecular weight is 482 g/mol. The van der Waals surface area contributed by atoms with Crippen LogP contribution in [0.3, 0.4) is 0 Å². The Balaban J connectivity index is 1.44. The minimum atomic E-state index is -1.35. The molecule has 0 aliphatic carbocycles. The van der Waals surface area contributed by atoms with E-state index in [1.807, 2.05) is 48.5 Å². The standard InChI is InChI=1S/C28H23N3O5/c1-16(32)36-19-13-11-18(12-14-19)31-25(33)23-22(15-17-7-3-2-4-8-17)30-28(24(23)26(31)34)20-9-5-6-10-21(20)29-27(28)35/h2-14,22-24,30H,15H2,1H3,(H,29,35)/t22-,23-,24-,28-/m0/s1. The summed E-state index contributed by atoms with van der Waals surface area (Å²) in [7, 11) is 0. The summed E-state index contributed by atoms with van der Waals surface area (Å²) < 4.78 is 5.08. The van der Waals surface area contributed by atoms with Gasteiger partial charge >= 0.3 is 5.97 Å². The van der Waals surface area contributed by atoms with Gasteiger partial charge in [0, 0.05) is 24.2 Å². The molecule has 0 bridgehead atoms. The molecule has 3 aromatic carbocycles. The van der Waals surface area contributed by atoms with E-state index in [4.69, 9.17) is 4.74 Å². The van der Waals surface area contributed by atoms with Crippen molar-refractivity contribution in [3.8, 4) is 5.75 Å². The SMILES string of the molecule is CC(=O)Oc1ccc(N2C(=O)[C@H]3[C@H](Cc4ccccc4)N[C@]4(C(=O)Nc5ccccc54)[C@@H]3C2=O)cc1. The molecule has 0 saturated carbocycles. The molecule has 2 fully saturated rings. The minimum absolute atomic E-state index is 0.315. The van der Waals surface area contributed by atoms with Crippen LogP contribution in [0.4, 0.5) is 11.4 Å². The van der Waals surface area contributed by atoms with E-state index >= 15 is 0 Å². The fourth-order valence-corrected chi connectivity index (χ4v) is 5.88. The summed E-state index contributed by atoms with van der Waals surface area (Å²) in [6.07, 6.45) is 0.484. The summed E-state index contributed by atoms with van der Waals surface area (Å²) >= 11 is 0. The van der Waals surface area contributed by atoms with E-state index in [1.54, 1.807) is 30.3 Å². The number of esters is 1. The average Bonchev–Trinajstić information content (AvgIpc) is 3.44. The molecule has 8 heteroatoms. The summed E-state index contributed by atoms with van der Waals surface area (Å²) in [4.78, 5) is 53.8. The van der Waals surface area contributed by atoms with Crippen molar-refractivity contribution in [2.24, 2.45) is 11.8 Å². The molecule has 3 aliphatic rings. The van der Waals surface area contributed by atoms with Crippen LogP contribution < -0.4 is 20.3 Å². The zero-order valence-electron chi connectivity index (χ0n) is 19.4. The molecule has 8 nitrogen and oxygen atoms in total. The van der Waals surface area contributed by atoms with Crippen LogP contribution in [0.5, 0.6) is 5.75 Å². The lowest BCUT2D eigenvalue weighted by Gasteiger charge is -2.29. The van der Waals surface area contributed by atoms with Crippen LogP contribution in [0.1, 0.15) is 18.1 Å². The second-order valence-electron chi connectivity index (χ2n) is 9.35. The molecule has 2 saturated heterocycles. The van der Waals surface area contributed by atoms with E-state index in [-0.39, 0.29) is 11.8 Å². The summed E-state index contributed by atoms with van der Waals surface area (Å²) in [5.74, 6) is -2.91. The normalized spacial score (nSPS) is 26.2. The Hall–Kier alpha value is -4.30. The second-order valence-corrected chi connectivity index (χ2v) is 9.35. The molecule has 3 heterocycles. The number of benzene rings is 3. The van der Waals surface area contributed by atoms with Crippen LogP contribution in [0.25, 0.3) is 0 Å². The maximum Gasteiger partial charge on any atom is 0.308 e. The Bertz CT molecular complexity index is 1400. The first kappa shape index (κ1) is 22.2. The van der Waals surface area contributed by atoms with Gasteiger partial charge in [-0.1, -0.05) is 48.5 Å². The minimum Gasteiger partial charge on any atom is -0.427 e. The van der Waals surface area contributed by atoms with Gasteiger partial charge in [-0.05, 0) is 42.3 Å². The number of imide groups is 1. The smallest absolute Gasteiger partial charge is 0.308 e. The highest BCUT2D eigenvalue weighted by Crippen LogP contribution is 2.53. The molecule has 36 heavy (non-hydrogen) atoms. The van der Waals surface area contributed by atoms with Crippen molar-refractivity contribution in [2.75, 3.05) is 10.2 Å². The first-order valence-electron chi connectivity index (χ1n) is 11.8. The van der Waals surface area contributed by atoms with Crippen molar-refractivity contribution in [1.82, 2.24) is 5.32 Å². The zero-order valence-corrected chi connectivity index (χ0v) is 19.4. The van der Waals surface area contributed by atoms with E-state index in [0.717, 1.165) is 5.56 Å². The number of carbonyl (C=O) groups is 4. The molecule has 0 aromatic heterocycles. The van der Waals surface area contributed by atoms with E-state index in [1.165, 1.54) is 11.8 Å². The van der Waals surface area contributed by atoms with Gasteiger partial charge in [-0.2, -0.15) is 0 Å². The van der Waals surface area contributed by atoms with Crippen LogP contribution >= 0.6 is 0 Å². The number of anilines is 2. The topological polar surface area (TPSA) is 105 Å². The predicted octanol–water partition coefficient (Wildman–Crippen LogP) is 2.78. The highest BCUT2D eigenvalue weighted by Gasteiger charge is 2.70. The summed E-state index contributed by atoms with van der Waals surface area (Å²) in [5, 5.41) is 6.36. The van der Waals surface area contributed by atoms with Crippen LogP contribution in [0.2, 0.25) is 0 Å². The molecule has 3 amide bonds. The number of amides is 3.